The van der Waals surface area contributed by atoms with Crippen molar-refractivity contribution >= 4 is 32.6 Å². The molecule has 1 aromatic carbocycles. The van der Waals surface area contributed by atoms with Gasteiger partial charge in [-0.15, -0.1) is 0 Å². The predicted octanol–water partition coefficient (Wildman–Crippen LogP) is 2.82. The van der Waals surface area contributed by atoms with Crippen molar-refractivity contribution in [2.75, 3.05) is 5.32 Å². The van der Waals surface area contributed by atoms with Gasteiger partial charge in [-0.2, -0.15) is 5.26 Å². The van der Waals surface area contributed by atoms with Crippen LogP contribution in [-0.4, -0.2) is 15.9 Å². The molecule has 0 aliphatic heterocycles. The van der Waals surface area contributed by atoms with E-state index in [0.717, 1.165) is 10.2 Å². The van der Waals surface area contributed by atoms with E-state index in [1.807, 2.05) is 30.3 Å². The Hall–Kier alpha value is -2.78. The summed E-state index contributed by atoms with van der Waals surface area (Å²) in [5.41, 5.74) is 1.52. The number of carbonyl (C=O) groups excluding carboxylic acids is 1. The van der Waals surface area contributed by atoms with Crippen LogP contribution in [-0.2, 0) is 0 Å². The first-order chi connectivity index (χ1) is 9.76. The number of nitriles is 1. The molecule has 1 amide bonds. The molecule has 0 fully saturated rings. The Bertz CT molecular complexity index is 784. The van der Waals surface area contributed by atoms with E-state index in [1.54, 1.807) is 6.07 Å². The summed E-state index contributed by atoms with van der Waals surface area (Å²) in [6, 6.07) is 12.7. The molecular formula is C14H8N4OS. The Kier molecular flexibility index (Phi) is 3.11. The Morgan fingerprint density at radius 2 is 2.10 bits per heavy atom. The number of benzene rings is 1. The Morgan fingerprint density at radius 3 is 2.80 bits per heavy atom. The highest BCUT2D eigenvalue weighted by atomic mass is 32.1. The fourth-order valence-corrected chi connectivity index (χ4v) is 2.54. The molecule has 5 nitrogen and oxygen atoms in total. The molecular weight excluding hydrogens is 272 g/mol. The lowest BCUT2D eigenvalue weighted by Crippen LogP contribution is -2.13. The Labute approximate surface area is 118 Å². The van der Waals surface area contributed by atoms with Crippen LogP contribution in [0, 0.1) is 11.3 Å². The summed E-state index contributed by atoms with van der Waals surface area (Å²) < 4.78 is 1.01. The molecule has 0 aliphatic rings. The van der Waals surface area contributed by atoms with E-state index in [2.05, 4.69) is 15.3 Å². The van der Waals surface area contributed by atoms with E-state index < -0.39 is 0 Å². The molecule has 2 heterocycles. The van der Waals surface area contributed by atoms with Gasteiger partial charge in [0.2, 0.25) is 0 Å². The number of carbonyl (C=O) groups is 1. The lowest BCUT2D eigenvalue weighted by Gasteiger charge is -2.00. The number of aromatic nitrogens is 2. The molecule has 0 saturated heterocycles. The van der Waals surface area contributed by atoms with Crippen molar-refractivity contribution in [1.29, 1.82) is 5.26 Å². The average molecular weight is 280 g/mol. The predicted molar refractivity (Wildman–Crippen MR) is 76.5 cm³/mol. The largest absolute Gasteiger partial charge is 0.296 e. The van der Waals surface area contributed by atoms with Crippen LogP contribution in [0.15, 0.2) is 42.6 Å². The number of pyridine rings is 1. The van der Waals surface area contributed by atoms with Gasteiger partial charge in [0.1, 0.15) is 11.8 Å². The lowest BCUT2D eigenvalue weighted by atomic mass is 10.2. The van der Waals surface area contributed by atoms with Crippen LogP contribution in [0.1, 0.15) is 16.1 Å². The second kappa shape index (κ2) is 5.07. The van der Waals surface area contributed by atoms with Crippen molar-refractivity contribution in [3.8, 4) is 6.07 Å². The fourth-order valence-electron chi connectivity index (χ4n) is 1.68. The molecule has 1 N–H and O–H groups in total. The smallest absolute Gasteiger partial charge is 0.276 e. The number of hydrogen-bond acceptors (Lipinski definition) is 5. The fraction of sp³-hybridized carbons (Fsp3) is 0. The zero-order valence-electron chi connectivity index (χ0n) is 10.2. The topological polar surface area (TPSA) is 78.7 Å². The normalized spacial score (nSPS) is 10.2. The van der Waals surface area contributed by atoms with Gasteiger partial charge in [0, 0.05) is 6.20 Å². The average Bonchev–Trinajstić information content (AvgIpc) is 2.89. The van der Waals surface area contributed by atoms with Gasteiger partial charge in [0.15, 0.2) is 5.13 Å². The van der Waals surface area contributed by atoms with Gasteiger partial charge in [0.25, 0.3) is 5.91 Å². The lowest BCUT2D eigenvalue weighted by molar-refractivity contribution is 0.102. The van der Waals surface area contributed by atoms with Gasteiger partial charge < -0.3 is 0 Å². The van der Waals surface area contributed by atoms with E-state index in [0.29, 0.717) is 10.7 Å². The minimum absolute atomic E-state index is 0.253. The van der Waals surface area contributed by atoms with E-state index in [4.69, 9.17) is 5.26 Å². The van der Waals surface area contributed by atoms with Crippen molar-refractivity contribution in [2.45, 2.75) is 0 Å². The molecule has 96 valence electrons. The van der Waals surface area contributed by atoms with Crippen molar-refractivity contribution < 1.29 is 4.79 Å². The van der Waals surface area contributed by atoms with Gasteiger partial charge in [0.05, 0.1) is 15.8 Å². The van der Waals surface area contributed by atoms with E-state index >= 15 is 0 Å². The first-order valence-corrected chi connectivity index (χ1v) is 6.61. The van der Waals surface area contributed by atoms with Crippen LogP contribution in [0.5, 0.6) is 0 Å². The molecule has 0 atom stereocenters. The minimum atomic E-state index is -0.339. The van der Waals surface area contributed by atoms with Gasteiger partial charge in [-0.3, -0.25) is 10.1 Å². The van der Waals surface area contributed by atoms with Crippen molar-refractivity contribution in [3.63, 3.8) is 0 Å². The van der Waals surface area contributed by atoms with Gasteiger partial charge >= 0.3 is 0 Å². The summed E-state index contributed by atoms with van der Waals surface area (Å²) in [7, 11) is 0. The number of thiazole rings is 1. The standard InChI is InChI=1S/C14H8N4OS/c15-7-9-5-6-11(16-8-9)13(19)18-14-17-10-3-1-2-4-12(10)20-14/h1-6,8H,(H,17,18,19). The molecule has 0 bridgehead atoms. The van der Waals surface area contributed by atoms with Crippen LogP contribution in [0.2, 0.25) is 0 Å². The number of anilines is 1. The molecule has 2 aromatic heterocycles. The van der Waals surface area contributed by atoms with Gasteiger partial charge in [-0.05, 0) is 24.3 Å². The molecule has 3 aromatic rings. The quantitative estimate of drug-likeness (QED) is 0.782. The second-order valence-electron chi connectivity index (χ2n) is 3.98. The highest BCUT2D eigenvalue weighted by Crippen LogP contribution is 2.25. The molecule has 0 saturated carbocycles. The van der Waals surface area contributed by atoms with Crippen molar-refractivity contribution in [2.24, 2.45) is 0 Å². The van der Waals surface area contributed by atoms with Crippen LogP contribution in [0.3, 0.4) is 0 Å². The molecule has 0 unspecified atom stereocenters. The van der Waals surface area contributed by atoms with Crippen LogP contribution >= 0.6 is 11.3 Å². The van der Waals surface area contributed by atoms with Crippen molar-refractivity contribution in [1.82, 2.24) is 9.97 Å². The van der Waals surface area contributed by atoms with Gasteiger partial charge in [-0.1, -0.05) is 23.5 Å². The second-order valence-corrected chi connectivity index (χ2v) is 5.02. The molecule has 20 heavy (non-hydrogen) atoms. The molecule has 6 heteroatoms. The van der Waals surface area contributed by atoms with E-state index in [-0.39, 0.29) is 11.6 Å². The first-order valence-electron chi connectivity index (χ1n) is 5.79. The third kappa shape index (κ3) is 2.35. The minimum Gasteiger partial charge on any atom is -0.296 e. The summed E-state index contributed by atoms with van der Waals surface area (Å²) in [5.74, 6) is -0.339. The van der Waals surface area contributed by atoms with Crippen LogP contribution in [0.25, 0.3) is 10.2 Å². The number of nitrogens with zero attached hydrogens (tertiary/aromatic N) is 3. The molecule has 0 radical (unpaired) electrons. The zero-order valence-corrected chi connectivity index (χ0v) is 11.0. The van der Waals surface area contributed by atoms with Crippen LogP contribution in [0.4, 0.5) is 5.13 Å². The number of amides is 1. The molecule has 0 spiro atoms. The third-order valence-electron chi connectivity index (χ3n) is 2.64. The maximum Gasteiger partial charge on any atom is 0.276 e. The first kappa shape index (κ1) is 12.3. The Morgan fingerprint density at radius 1 is 1.25 bits per heavy atom. The highest BCUT2D eigenvalue weighted by molar-refractivity contribution is 7.22. The van der Waals surface area contributed by atoms with Gasteiger partial charge in [-0.25, -0.2) is 9.97 Å². The maximum absolute atomic E-state index is 12.0. The summed E-state index contributed by atoms with van der Waals surface area (Å²) in [4.78, 5) is 20.3. The monoisotopic (exact) mass is 280 g/mol. The summed E-state index contributed by atoms with van der Waals surface area (Å²) in [6.07, 6.45) is 1.37. The number of nitrogens with one attached hydrogen (secondary N) is 1. The highest BCUT2D eigenvalue weighted by Gasteiger charge is 2.10. The molecule has 3 rings (SSSR count). The number of para-hydroxylation sites is 1. The van der Waals surface area contributed by atoms with E-state index in [9.17, 15) is 4.79 Å². The zero-order chi connectivity index (χ0) is 13.9. The third-order valence-corrected chi connectivity index (χ3v) is 3.59. The van der Waals surface area contributed by atoms with E-state index in [1.165, 1.54) is 23.6 Å². The molecule has 0 aliphatic carbocycles. The maximum atomic E-state index is 12.0. The number of fused-ring (bicyclic) bond motifs is 1. The SMILES string of the molecule is N#Cc1ccc(C(=O)Nc2nc3ccccc3s2)nc1. The van der Waals surface area contributed by atoms with Crippen LogP contribution < -0.4 is 5.32 Å². The summed E-state index contributed by atoms with van der Waals surface area (Å²) in [5, 5.41) is 11.9. The number of hydrogen-bond donors (Lipinski definition) is 1. The summed E-state index contributed by atoms with van der Waals surface area (Å²) >= 11 is 1.40. The van der Waals surface area contributed by atoms with Crippen molar-refractivity contribution in [3.05, 3.63) is 53.9 Å². The number of rotatable bonds is 2. The summed E-state index contributed by atoms with van der Waals surface area (Å²) in [6.45, 7) is 0. The Balaban J connectivity index is 1.82.